The maximum absolute atomic E-state index is 11.3. The Balaban J connectivity index is 3.31. The average molecular weight is 287 g/mol. The highest BCUT2D eigenvalue weighted by atomic mass is 79.9. The molecule has 0 unspecified atom stereocenters. The number of aliphatic carboxylic acids is 1. The van der Waals surface area contributed by atoms with Gasteiger partial charge < -0.3 is 9.84 Å². The molecule has 0 atom stereocenters. The summed E-state index contributed by atoms with van der Waals surface area (Å²) in [6.45, 7) is 1.95. The fourth-order valence-corrected chi connectivity index (χ4v) is 2.11. The molecule has 16 heavy (non-hydrogen) atoms. The van der Waals surface area contributed by atoms with Gasteiger partial charge in [0.2, 0.25) is 0 Å². The normalized spacial score (nSPS) is 9.94. The SMILES string of the molecule is CCc1c(Br)cc(C(=O)C(=O)O)cc1OC. The number of ether oxygens (including phenoxy) is 1. The van der Waals surface area contributed by atoms with E-state index in [1.54, 1.807) is 0 Å². The van der Waals surface area contributed by atoms with Crippen LogP contribution in [-0.4, -0.2) is 24.0 Å². The van der Waals surface area contributed by atoms with E-state index in [2.05, 4.69) is 15.9 Å². The molecule has 1 rings (SSSR count). The van der Waals surface area contributed by atoms with Gasteiger partial charge in [-0.3, -0.25) is 4.79 Å². The number of Topliss-reactive ketones (excluding diaryl/α,β-unsaturated/α-hetero) is 1. The summed E-state index contributed by atoms with van der Waals surface area (Å²) in [5, 5.41) is 8.61. The van der Waals surface area contributed by atoms with E-state index in [1.807, 2.05) is 6.92 Å². The zero-order chi connectivity index (χ0) is 12.3. The molecular formula is C11H11BrO4. The maximum Gasteiger partial charge on any atom is 0.377 e. The molecule has 0 radical (unpaired) electrons. The standard InChI is InChI=1S/C11H11BrO4/c1-3-7-8(12)4-6(5-9(7)16-2)10(13)11(14)15/h4-5H,3H2,1-2H3,(H,14,15). The van der Waals surface area contributed by atoms with Gasteiger partial charge in [0.1, 0.15) is 5.75 Å². The average Bonchev–Trinajstić information content (AvgIpc) is 2.26. The first-order chi connectivity index (χ1) is 7.51. The van der Waals surface area contributed by atoms with E-state index in [9.17, 15) is 9.59 Å². The number of methoxy groups -OCH3 is 1. The highest BCUT2D eigenvalue weighted by molar-refractivity contribution is 9.10. The minimum Gasteiger partial charge on any atom is -0.496 e. The molecule has 0 bridgehead atoms. The number of rotatable bonds is 4. The summed E-state index contributed by atoms with van der Waals surface area (Å²) in [7, 11) is 1.48. The van der Waals surface area contributed by atoms with Crippen LogP contribution < -0.4 is 4.74 Å². The Labute approximate surface area is 101 Å². The quantitative estimate of drug-likeness (QED) is 0.681. The number of carbonyl (C=O) groups excluding carboxylic acids is 1. The lowest BCUT2D eigenvalue weighted by Gasteiger charge is -2.10. The molecule has 4 nitrogen and oxygen atoms in total. The van der Waals surface area contributed by atoms with Crippen LogP contribution in [0, 0.1) is 0 Å². The molecule has 1 N–H and O–H groups in total. The minimum atomic E-state index is -1.47. The van der Waals surface area contributed by atoms with Crippen molar-refractivity contribution in [2.45, 2.75) is 13.3 Å². The zero-order valence-corrected chi connectivity index (χ0v) is 10.5. The zero-order valence-electron chi connectivity index (χ0n) is 8.91. The number of hydrogen-bond acceptors (Lipinski definition) is 3. The van der Waals surface area contributed by atoms with Crippen molar-refractivity contribution in [1.82, 2.24) is 0 Å². The number of hydrogen-bond donors (Lipinski definition) is 1. The summed E-state index contributed by atoms with van der Waals surface area (Å²) < 4.78 is 5.79. The van der Waals surface area contributed by atoms with Gasteiger partial charge in [0.25, 0.3) is 5.78 Å². The highest BCUT2D eigenvalue weighted by Gasteiger charge is 2.18. The van der Waals surface area contributed by atoms with Crippen molar-refractivity contribution in [1.29, 1.82) is 0 Å². The first-order valence-electron chi connectivity index (χ1n) is 4.65. The van der Waals surface area contributed by atoms with Gasteiger partial charge in [0.15, 0.2) is 0 Å². The number of ketones is 1. The van der Waals surface area contributed by atoms with Gasteiger partial charge in [-0.15, -0.1) is 0 Å². The summed E-state index contributed by atoms with van der Waals surface area (Å²) in [5.74, 6) is -1.90. The summed E-state index contributed by atoms with van der Waals surface area (Å²) in [4.78, 5) is 21.8. The van der Waals surface area contributed by atoms with Crippen LogP contribution in [0.4, 0.5) is 0 Å². The third-order valence-electron chi connectivity index (χ3n) is 2.18. The van der Waals surface area contributed by atoms with Crippen LogP contribution in [-0.2, 0) is 11.2 Å². The predicted molar refractivity (Wildman–Crippen MR) is 62.0 cm³/mol. The van der Waals surface area contributed by atoms with Gasteiger partial charge in [-0.2, -0.15) is 0 Å². The van der Waals surface area contributed by atoms with Crippen molar-refractivity contribution in [3.05, 3.63) is 27.7 Å². The fourth-order valence-electron chi connectivity index (χ4n) is 1.39. The summed E-state index contributed by atoms with van der Waals surface area (Å²) in [6, 6.07) is 2.94. The highest BCUT2D eigenvalue weighted by Crippen LogP contribution is 2.29. The second kappa shape index (κ2) is 5.12. The van der Waals surface area contributed by atoms with Crippen LogP contribution in [0.5, 0.6) is 5.75 Å². The van der Waals surface area contributed by atoms with Crippen LogP contribution in [0.1, 0.15) is 22.8 Å². The van der Waals surface area contributed by atoms with Crippen molar-refractivity contribution >= 4 is 27.7 Å². The number of benzene rings is 1. The molecule has 0 saturated carbocycles. The Bertz CT molecular complexity index is 440. The van der Waals surface area contributed by atoms with Crippen molar-refractivity contribution < 1.29 is 19.4 Å². The molecule has 0 amide bonds. The molecule has 1 aromatic rings. The molecule has 0 aromatic heterocycles. The number of carboxylic acids is 1. The molecular weight excluding hydrogens is 276 g/mol. The van der Waals surface area contributed by atoms with Crippen molar-refractivity contribution in [2.24, 2.45) is 0 Å². The largest absolute Gasteiger partial charge is 0.496 e. The number of carboxylic acid groups (broad SMARTS) is 1. The minimum absolute atomic E-state index is 0.105. The van der Waals surface area contributed by atoms with E-state index in [0.29, 0.717) is 10.2 Å². The van der Waals surface area contributed by atoms with Crippen molar-refractivity contribution in [3.63, 3.8) is 0 Å². The van der Waals surface area contributed by atoms with Gasteiger partial charge in [-0.05, 0) is 18.6 Å². The second-order valence-corrected chi connectivity index (χ2v) is 3.98. The molecule has 0 spiro atoms. The van der Waals surface area contributed by atoms with Gasteiger partial charge >= 0.3 is 5.97 Å². The third-order valence-corrected chi connectivity index (χ3v) is 2.89. The van der Waals surface area contributed by atoms with Crippen LogP contribution in [0.15, 0.2) is 16.6 Å². The van der Waals surface area contributed by atoms with Crippen LogP contribution in [0.3, 0.4) is 0 Å². The first-order valence-corrected chi connectivity index (χ1v) is 5.44. The third kappa shape index (κ3) is 2.41. The summed E-state index contributed by atoms with van der Waals surface area (Å²) in [5.41, 5.74) is 1.01. The van der Waals surface area contributed by atoms with E-state index in [-0.39, 0.29) is 5.56 Å². The summed E-state index contributed by atoms with van der Waals surface area (Å²) >= 11 is 3.29. The molecule has 0 fully saturated rings. The Morgan fingerprint density at radius 2 is 2.06 bits per heavy atom. The Morgan fingerprint density at radius 3 is 2.50 bits per heavy atom. The smallest absolute Gasteiger partial charge is 0.377 e. The van der Waals surface area contributed by atoms with Crippen molar-refractivity contribution in [3.8, 4) is 5.75 Å². The van der Waals surface area contributed by atoms with Gasteiger partial charge in [-0.25, -0.2) is 4.79 Å². The van der Waals surface area contributed by atoms with Crippen molar-refractivity contribution in [2.75, 3.05) is 7.11 Å². The fraction of sp³-hybridized carbons (Fsp3) is 0.273. The Morgan fingerprint density at radius 1 is 1.44 bits per heavy atom. The number of halogens is 1. The van der Waals surface area contributed by atoms with Crippen LogP contribution in [0.25, 0.3) is 0 Å². The van der Waals surface area contributed by atoms with Gasteiger partial charge in [0, 0.05) is 15.6 Å². The van der Waals surface area contributed by atoms with E-state index in [0.717, 1.165) is 12.0 Å². The van der Waals surface area contributed by atoms with Crippen LogP contribution in [0.2, 0.25) is 0 Å². The molecule has 5 heteroatoms. The van der Waals surface area contributed by atoms with Gasteiger partial charge in [-0.1, -0.05) is 22.9 Å². The van der Waals surface area contributed by atoms with E-state index < -0.39 is 11.8 Å². The topological polar surface area (TPSA) is 63.6 Å². The molecule has 0 aliphatic carbocycles. The summed E-state index contributed by atoms with van der Waals surface area (Å²) in [6.07, 6.45) is 0.727. The maximum atomic E-state index is 11.3. The lowest BCUT2D eigenvalue weighted by molar-refractivity contribution is -0.131. The lowest BCUT2D eigenvalue weighted by atomic mass is 10.1. The first kappa shape index (κ1) is 12.7. The molecule has 0 saturated heterocycles. The van der Waals surface area contributed by atoms with Gasteiger partial charge in [0.05, 0.1) is 7.11 Å². The monoisotopic (exact) mass is 286 g/mol. The Hall–Kier alpha value is -1.36. The lowest BCUT2D eigenvalue weighted by Crippen LogP contribution is -2.13. The molecule has 0 heterocycles. The van der Waals surface area contributed by atoms with E-state index >= 15 is 0 Å². The second-order valence-electron chi connectivity index (χ2n) is 3.13. The predicted octanol–water partition coefficient (Wildman–Crippen LogP) is 2.29. The number of carbonyl (C=O) groups is 2. The Kier molecular flexibility index (Phi) is 4.06. The molecule has 1 aromatic carbocycles. The molecule has 0 aliphatic heterocycles. The molecule has 0 aliphatic rings. The van der Waals surface area contributed by atoms with Crippen LogP contribution >= 0.6 is 15.9 Å². The van der Waals surface area contributed by atoms with E-state index in [4.69, 9.17) is 9.84 Å². The molecule has 86 valence electrons. The van der Waals surface area contributed by atoms with E-state index in [1.165, 1.54) is 19.2 Å².